The molecule has 34 heavy (non-hydrogen) atoms. The first-order valence-electron chi connectivity index (χ1n) is 11.6. The first kappa shape index (κ1) is 24.5. The summed E-state index contributed by atoms with van der Waals surface area (Å²) in [5, 5.41) is 19.7. The number of thiophene rings is 1. The summed E-state index contributed by atoms with van der Waals surface area (Å²) < 4.78 is 41.8. The third kappa shape index (κ3) is 4.10. The van der Waals surface area contributed by atoms with E-state index in [0.29, 0.717) is 10.4 Å². The number of ether oxygens (including phenoxy) is 7. The first-order valence-corrected chi connectivity index (χ1v) is 12.4. The van der Waals surface area contributed by atoms with Crippen molar-refractivity contribution in [2.24, 2.45) is 0 Å². The monoisotopic (exact) mass is 500 g/mol. The number of hydrogen-bond acceptors (Lipinski definition) is 11. The van der Waals surface area contributed by atoms with Gasteiger partial charge in [-0.25, -0.2) is 4.79 Å². The number of aliphatic hydroxyl groups is 2. The van der Waals surface area contributed by atoms with E-state index in [-0.39, 0.29) is 19.8 Å². The molecular formula is C23H32O10S. The predicted octanol–water partition coefficient (Wildman–Crippen LogP) is 1.83. The number of carbonyl (C=O) groups excluding carboxylic acids is 1. The second-order valence-electron chi connectivity index (χ2n) is 9.83. The normalized spacial score (nSPS) is 39.9. The molecule has 0 bridgehead atoms. The van der Waals surface area contributed by atoms with Crippen molar-refractivity contribution in [2.75, 3.05) is 19.8 Å². The Bertz CT molecular complexity index is 929. The maximum atomic E-state index is 12.9. The van der Waals surface area contributed by atoms with Crippen molar-refractivity contribution in [3.63, 3.8) is 0 Å². The smallest absolute Gasteiger partial charge is 0.339 e. The topological polar surface area (TPSA) is 122 Å². The van der Waals surface area contributed by atoms with Crippen LogP contribution in [-0.2, 0) is 33.2 Å². The molecule has 4 aliphatic heterocycles. The Labute approximate surface area is 202 Å². The van der Waals surface area contributed by atoms with E-state index in [1.807, 2.05) is 27.7 Å². The lowest BCUT2D eigenvalue weighted by Crippen LogP contribution is -2.31. The Morgan fingerprint density at radius 2 is 1.41 bits per heavy atom. The van der Waals surface area contributed by atoms with Crippen molar-refractivity contribution < 1.29 is 48.2 Å². The van der Waals surface area contributed by atoms with Gasteiger partial charge in [0.05, 0.1) is 30.3 Å². The molecule has 4 fully saturated rings. The van der Waals surface area contributed by atoms with Crippen LogP contribution < -0.4 is 0 Å². The van der Waals surface area contributed by atoms with Gasteiger partial charge in [-0.3, -0.25) is 0 Å². The second-order valence-corrected chi connectivity index (χ2v) is 10.9. The van der Waals surface area contributed by atoms with E-state index in [4.69, 9.17) is 33.2 Å². The van der Waals surface area contributed by atoms with Crippen molar-refractivity contribution in [3.05, 3.63) is 21.4 Å². The fraction of sp³-hybridized carbons (Fsp3) is 0.783. The number of esters is 1. The Morgan fingerprint density at radius 1 is 0.912 bits per heavy atom. The van der Waals surface area contributed by atoms with Crippen LogP contribution in [-0.4, -0.2) is 84.2 Å². The van der Waals surface area contributed by atoms with Gasteiger partial charge in [-0.05, 0) is 40.7 Å². The third-order valence-electron chi connectivity index (χ3n) is 6.47. The highest BCUT2D eigenvalue weighted by Gasteiger charge is 2.58. The van der Waals surface area contributed by atoms with Crippen molar-refractivity contribution >= 4 is 17.3 Å². The predicted molar refractivity (Wildman–Crippen MR) is 117 cm³/mol. The number of aliphatic hydroxyl groups excluding tert-OH is 2. The average molecular weight is 501 g/mol. The Kier molecular flexibility index (Phi) is 6.32. The molecule has 0 radical (unpaired) electrons. The molecule has 5 rings (SSSR count). The lowest BCUT2D eigenvalue weighted by atomic mass is 10.0. The van der Waals surface area contributed by atoms with E-state index in [1.54, 1.807) is 13.0 Å². The zero-order chi connectivity index (χ0) is 24.4. The fourth-order valence-corrected chi connectivity index (χ4v) is 6.54. The van der Waals surface area contributed by atoms with Gasteiger partial charge in [0, 0.05) is 4.88 Å². The van der Waals surface area contributed by atoms with Crippen LogP contribution in [0.1, 0.15) is 66.9 Å². The number of fused-ring (bicyclic) bond motifs is 2. The molecule has 11 heteroatoms. The lowest BCUT2D eigenvalue weighted by Gasteiger charge is -2.24. The highest BCUT2D eigenvalue weighted by Crippen LogP contribution is 2.51. The van der Waals surface area contributed by atoms with Gasteiger partial charge in [-0.1, -0.05) is 0 Å². The largest absolute Gasteiger partial charge is 0.462 e. The van der Waals surface area contributed by atoms with Gasteiger partial charge in [0.15, 0.2) is 11.6 Å². The third-order valence-corrected chi connectivity index (χ3v) is 7.73. The molecule has 2 N–H and O–H groups in total. The summed E-state index contributed by atoms with van der Waals surface area (Å²) in [6.45, 7) is 8.77. The maximum Gasteiger partial charge on any atom is 0.339 e. The van der Waals surface area contributed by atoms with Crippen LogP contribution in [0.15, 0.2) is 6.07 Å². The molecule has 4 saturated heterocycles. The van der Waals surface area contributed by atoms with Gasteiger partial charge in [-0.15, -0.1) is 11.3 Å². The molecule has 10 nitrogen and oxygen atoms in total. The van der Waals surface area contributed by atoms with Gasteiger partial charge >= 0.3 is 5.97 Å². The molecule has 0 spiro atoms. The summed E-state index contributed by atoms with van der Waals surface area (Å²) in [6, 6.07) is 1.74. The van der Waals surface area contributed by atoms with Crippen molar-refractivity contribution in [1.29, 1.82) is 0 Å². The lowest BCUT2D eigenvalue weighted by molar-refractivity contribution is -0.190. The van der Waals surface area contributed by atoms with E-state index in [0.717, 1.165) is 4.88 Å². The number of hydrogen-bond donors (Lipinski definition) is 2. The molecule has 0 aliphatic carbocycles. The van der Waals surface area contributed by atoms with Gasteiger partial charge in [0.25, 0.3) is 0 Å². The molecule has 1 aromatic heterocycles. The minimum atomic E-state index is -0.842. The minimum Gasteiger partial charge on any atom is -0.462 e. The van der Waals surface area contributed by atoms with E-state index in [2.05, 4.69) is 0 Å². The summed E-state index contributed by atoms with van der Waals surface area (Å²) in [4.78, 5) is 14.3. The molecule has 190 valence electrons. The van der Waals surface area contributed by atoms with Crippen molar-refractivity contribution in [3.8, 4) is 0 Å². The zero-order valence-electron chi connectivity index (χ0n) is 19.9. The standard InChI is InChI=1S/C23H32O10S/c1-6-27-21(26)10-7-13(16-17-14(11(8-24)28-16)30-22(2,3)32-17)34-20(10)19-18-15(12(9-25)29-19)31-23(4,5)33-18/h7,11-12,14-19,24-25H,6,8-9H2,1-5H3/t11-,12-,14-,15-,16+,17-,18-,19-/m1/s1. The summed E-state index contributed by atoms with van der Waals surface area (Å²) in [5.74, 6) is -2.14. The summed E-state index contributed by atoms with van der Waals surface area (Å²) in [5.41, 5.74) is 0.350. The molecule has 5 heterocycles. The van der Waals surface area contributed by atoms with Crippen LogP contribution in [0.3, 0.4) is 0 Å². The Morgan fingerprint density at radius 3 is 1.94 bits per heavy atom. The van der Waals surface area contributed by atoms with Crippen LogP contribution in [0, 0.1) is 0 Å². The molecule has 0 aromatic carbocycles. The fourth-order valence-electron chi connectivity index (χ4n) is 5.24. The highest BCUT2D eigenvalue weighted by atomic mass is 32.1. The Balaban J connectivity index is 1.51. The minimum absolute atomic E-state index is 0.214. The van der Waals surface area contributed by atoms with Gasteiger partial charge in [-0.2, -0.15) is 0 Å². The van der Waals surface area contributed by atoms with Crippen LogP contribution >= 0.6 is 11.3 Å². The van der Waals surface area contributed by atoms with Crippen molar-refractivity contribution in [1.82, 2.24) is 0 Å². The summed E-state index contributed by atoms with van der Waals surface area (Å²) in [6.07, 6.45) is -4.16. The Hall–Kier alpha value is -1.15. The molecule has 4 aliphatic rings. The van der Waals surface area contributed by atoms with E-state index in [1.165, 1.54) is 11.3 Å². The second kappa shape index (κ2) is 8.75. The number of carbonyl (C=O) groups is 1. The quantitative estimate of drug-likeness (QED) is 0.560. The van der Waals surface area contributed by atoms with Crippen molar-refractivity contribution in [2.45, 2.75) is 95.0 Å². The number of rotatable bonds is 6. The van der Waals surface area contributed by atoms with Crippen LogP contribution in [0.25, 0.3) is 0 Å². The van der Waals surface area contributed by atoms with E-state index < -0.39 is 66.4 Å². The molecule has 0 saturated carbocycles. The first-order chi connectivity index (χ1) is 16.1. The summed E-state index contributed by atoms with van der Waals surface area (Å²) in [7, 11) is 0. The van der Waals surface area contributed by atoms with Gasteiger partial charge in [0.1, 0.15) is 48.8 Å². The zero-order valence-corrected chi connectivity index (χ0v) is 20.7. The summed E-state index contributed by atoms with van der Waals surface area (Å²) >= 11 is 1.35. The average Bonchev–Trinajstić information content (AvgIpc) is 3.52. The molecule has 0 unspecified atom stereocenters. The maximum absolute atomic E-state index is 12.9. The van der Waals surface area contributed by atoms with Crippen LogP contribution in [0.4, 0.5) is 0 Å². The molecular weight excluding hydrogens is 468 g/mol. The molecule has 0 amide bonds. The molecule has 1 aromatic rings. The van der Waals surface area contributed by atoms with Gasteiger partial charge in [0.2, 0.25) is 0 Å². The van der Waals surface area contributed by atoms with E-state index >= 15 is 0 Å². The molecule has 8 atom stereocenters. The SMILES string of the molecule is CCOC(=O)c1cc([C@@H]2O[C@H](CO)[C@H]3OC(C)(C)O[C@H]32)sc1[C@@H]1O[C@H](CO)[C@H]2OC(C)(C)O[C@H]21. The van der Waals surface area contributed by atoms with Gasteiger partial charge < -0.3 is 43.4 Å². The van der Waals surface area contributed by atoms with Crippen LogP contribution in [0.5, 0.6) is 0 Å². The highest BCUT2D eigenvalue weighted by molar-refractivity contribution is 7.12. The van der Waals surface area contributed by atoms with E-state index in [9.17, 15) is 15.0 Å². The van der Waals surface area contributed by atoms with Crippen LogP contribution in [0.2, 0.25) is 0 Å².